The highest BCUT2D eigenvalue weighted by Crippen LogP contribution is 2.23. The quantitative estimate of drug-likeness (QED) is 0.660. The lowest BCUT2D eigenvalue weighted by Crippen LogP contribution is -2.48. The second-order valence-corrected chi connectivity index (χ2v) is 7.74. The van der Waals surface area contributed by atoms with Crippen LogP contribution in [0, 0.1) is 0 Å². The molecule has 0 aliphatic carbocycles. The minimum Gasteiger partial charge on any atom is -0.497 e. The Morgan fingerprint density at radius 1 is 1.07 bits per heavy atom. The molecular formula is C19H24N2O5S. The summed E-state index contributed by atoms with van der Waals surface area (Å²) in [5.74, 6) is 0.895. The largest absolute Gasteiger partial charge is 0.497 e. The van der Waals surface area contributed by atoms with Gasteiger partial charge in [0.1, 0.15) is 24.1 Å². The van der Waals surface area contributed by atoms with Crippen LogP contribution < -0.4 is 19.1 Å². The maximum Gasteiger partial charge on any atom is 0.243 e. The van der Waals surface area contributed by atoms with Gasteiger partial charge in [-0.15, -0.1) is 0 Å². The average Bonchev–Trinajstić information content (AvgIpc) is 2.65. The summed E-state index contributed by atoms with van der Waals surface area (Å²) in [6, 6.07) is 14.8. The second-order valence-electron chi connectivity index (χ2n) is 5.89. The molecule has 7 nitrogen and oxygen atoms in total. The van der Waals surface area contributed by atoms with Crippen molar-refractivity contribution in [2.75, 3.05) is 30.8 Å². The number of nitrogens with one attached hydrogen (secondary N) is 1. The van der Waals surface area contributed by atoms with Crippen LogP contribution in [0.5, 0.6) is 11.5 Å². The fraction of sp³-hybridized carbons (Fsp3) is 0.316. The first-order chi connectivity index (χ1) is 12.8. The molecule has 1 N–H and O–H groups in total. The summed E-state index contributed by atoms with van der Waals surface area (Å²) < 4.78 is 36.2. The Kier molecular flexibility index (Phi) is 7.06. The third-order valence-electron chi connectivity index (χ3n) is 3.83. The van der Waals surface area contributed by atoms with E-state index in [0.29, 0.717) is 17.2 Å². The fourth-order valence-electron chi connectivity index (χ4n) is 2.55. The normalized spacial score (nSPS) is 12.1. The number of sulfonamides is 1. The van der Waals surface area contributed by atoms with Crippen LogP contribution in [0.3, 0.4) is 0 Å². The van der Waals surface area contributed by atoms with E-state index in [1.807, 2.05) is 30.3 Å². The molecule has 0 unspecified atom stereocenters. The lowest BCUT2D eigenvalue weighted by Gasteiger charge is -2.28. The number of nitrogens with zero attached hydrogens (tertiary/aromatic N) is 1. The molecule has 2 aromatic carbocycles. The van der Waals surface area contributed by atoms with Gasteiger partial charge in [-0.05, 0) is 43.3 Å². The molecule has 0 spiro atoms. The first kappa shape index (κ1) is 20.6. The summed E-state index contributed by atoms with van der Waals surface area (Å²) in [5.41, 5.74) is 0.390. The Bertz CT molecular complexity index is 838. The van der Waals surface area contributed by atoms with E-state index in [9.17, 15) is 13.2 Å². The van der Waals surface area contributed by atoms with Crippen molar-refractivity contribution in [3.05, 3.63) is 54.6 Å². The van der Waals surface area contributed by atoms with Crippen LogP contribution in [0.1, 0.15) is 6.92 Å². The van der Waals surface area contributed by atoms with Crippen LogP contribution >= 0.6 is 0 Å². The minimum absolute atomic E-state index is 0.262. The fourth-order valence-corrected chi connectivity index (χ4v) is 3.72. The van der Waals surface area contributed by atoms with E-state index in [1.54, 1.807) is 31.2 Å². The maximum absolute atomic E-state index is 12.4. The molecule has 0 radical (unpaired) electrons. The highest BCUT2D eigenvalue weighted by Gasteiger charge is 2.28. The highest BCUT2D eigenvalue weighted by molar-refractivity contribution is 7.92. The van der Waals surface area contributed by atoms with Gasteiger partial charge in [-0.3, -0.25) is 9.10 Å². The average molecular weight is 392 g/mol. The molecule has 0 aromatic heterocycles. The molecule has 0 saturated heterocycles. The predicted octanol–water partition coefficient (Wildman–Crippen LogP) is 2.04. The van der Waals surface area contributed by atoms with Gasteiger partial charge in [-0.25, -0.2) is 8.42 Å². The van der Waals surface area contributed by atoms with Gasteiger partial charge in [0.15, 0.2) is 0 Å². The number of para-hydroxylation sites is 1. The van der Waals surface area contributed by atoms with Crippen LogP contribution in [0.15, 0.2) is 54.6 Å². The van der Waals surface area contributed by atoms with Gasteiger partial charge in [0.25, 0.3) is 0 Å². The van der Waals surface area contributed by atoms with Gasteiger partial charge in [-0.1, -0.05) is 18.2 Å². The zero-order valence-electron chi connectivity index (χ0n) is 15.6. The van der Waals surface area contributed by atoms with Crippen LogP contribution in [0.4, 0.5) is 5.69 Å². The molecule has 1 atom stereocenters. The Balaban J connectivity index is 1.99. The third kappa shape index (κ3) is 5.89. The lowest BCUT2D eigenvalue weighted by atomic mass is 10.2. The molecule has 0 aliphatic rings. The summed E-state index contributed by atoms with van der Waals surface area (Å²) in [4.78, 5) is 12.4. The van der Waals surface area contributed by atoms with Crippen LogP contribution in [-0.4, -0.2) is 46.9 Å². The molecular weight excluding hydrogens is 368 g/mol. The van der Waals surface area contributed by atoms with E-state index in [2.05, 4.69) is 5.32 Å². The molecule has 0 saturated carbocycles. The van der Waals surface area contributed by atoms with Gasteiger partial charge in [0.2, 0.25) is 15.9 Å². The van der Waals surface area contributed by atoms with E-state index in [1.165, 1.54) is 7.11 Å². The number of ether oxygens (including phenoxy) is 2. The van der Waals surface area contributed by atoms with Gasteiger partial charge < -0.3 is 14.8 Å². The van der Waals surface area contributed by atoms with Crippen molar-refractivity contribution in [2.24, 2.45) is 0 Å². The van der Waals surface area contributed by atoms with Crippen molar-refractivity contribution >= 4 is 21.6 Å². The van der Waals surface area contributed by atoms with E-state index >= 15 is 0 Å². The number of hydrogen-bond donors (Lipinski definition) is 1. The molecule has 0 bridgehead atoms. The number of carbonyl (C=O) groups is 1. The summed E-state index contributed by atoms with van der Waals surface area (Å²) >= 11 is 0. The van der Waals surface area contributed by atoms with E-state index < -0.39 is 22.0 Å². The number of hydrogen-bond acceptors (Lipinski definition) is 5. The first-order valence-electron chi connectivity index (χ1n) is 8.42. The SMILES string of the molecule is COc1ccc(N([C@H](C)C(=O)NCCOc2ccccc2)S(C)(=O)=O)cc1. The zero-order valence-corrected chi connectivity index (χ0v) is 16.4. The van der Waals surface area contributed by atoms with Gasteiger partial charge in [0, 0.05) is 0 Å². The Hall–Kier alpha value is -2.74. The number of methoxy groups -OCH3 is 1. The number of rotatable bonds is 9. The molecule has 1 amide bonds. The van der Waals surface area contributed by atoms with Crippen molar-refractivity contribution < 1.29 is 22.7 Å². The monoisotopic (exact) mass is 392 g/mol. The van der Waals surface area contributed by atoms with E-state index in [0.717, 1.165) is 10.6 Å². The summed E-state index contributed by atoms with van der Waals surface area (Å²) in [7, 11) is -2.13. The second kappa shape index (κ2) is 9.27. The molecule has 8 heteroatoms. The smallest absolute Gasteiger partial charge is 0.243 e. The van der Waals surface area contributed by atoms with Gasteiger partial charge in [0.05, 0.1) is 25.6 Å². The molecule has 0 fully saturated rings. The predicted molar refractivity (Wildman–Crippen MR) is 105 cm³/mol. The Labute approximate surface area is 160 Å². The maximum atomic E-state index is 12.4. The third-order valence-corrected chi connectivity index (χ3v) is 5.07. The minimum atomic E-state index is -3.65. The van der Waals surface area contributed by atoms with Crippen molar-refractivity contribution in [1.82, 2.24) is 5.32 Å². The van der Waals surface area contributed by atoms with Crippen LogP contribution in [-0.2, 0) is 14.8 Å². The van der Waals surface area contributed by atoms with Crippen LogP contribution in [0.2, 0.25) is 0 Å². The van der Waals surface area contributed by atoms with Crippen LogP contribution in [0.25, 0.3) is 0 Å². The molecule has 27 heavy (non-hydrogen) atoms. The summed E-state index contributed by atoms with van der Waals surface area (Å²) in [5, 5.41) is 2.70. The van der Waals surface area contributed by atoms with Crippen molar-refractivity contribution in [2.45, 2.75) is 13.0 Å². The standard InChI is InChI=1S/C19H24N2O5S/c1-15(19(22)20-13-14-26-18-7-5-4-6-8-18)21(27(3,23)24)16-9-11-17(25-2)12-10-16/h4-12,15H,13-14H2,1-3H3,(H,20,22)/t15-/m1/s1. The first-order valence-corrected chi connectivity index (χ1v) is 10.3. The van der Waals surface area contributed by atoms with Gasteiger partial charge in [-0.2, -0.15) is 0 Å². The summed E-state index contributed by atoms with van der Waals surface area (Å²) in [6.07, 6.45) is 1.07. The van der Waals surface area contributed by atoms with Crippen molar-refractivity contribution in [3.63, 3.8) is 0 Å². The molecule has 2 rings (SSSR count). The van der Waals surface area contributed by atoms with Gasteiger partial charge >= 0.3 is 0 Å². The number of anilines is 1. The molecule has 0 aliphatic heterocycles. The Morgan fingerprint density at radius 3 is 2.26 bits per heavy atom. The number of benzene rings is 2. The highest BCUT2D eigenvalue weighted by atomic mass is 32.2. The molecule has 146 valence electrons. The number of amides is 1. The zero-order chi connectivity index (χ0) is 19.9. The summed E-state index contributed by atoms with van der Waals surface area (Å²) in [6.45, 7) is 2.08. The molecule has 0 heterocycles. The van der Waals surface area contributed by atoms with E-state index in [4.69, 9.17) is 9.47 Å². The topological polar surface area (TPSA) is 84.9 Å². The van der Waals surface area contributed by atoms with Crippen molar-refractivity contribution in [3.8, 4) is 11.5 Å². The van der Waals surface area contributed by atoms with E-state index in [-0.39, 0.29) is 13.2 Å². The Morgan fingerprint density at radius 2 is 1.70 bits per heavy atom. The van der Waals surface area contributed by atoms with Crippen molar-refractivity contribution in [1.29, 1.82) is 0 Å². The lowest BCUT2D eigenvalue weighted by molar-refractivity contribution is -0.121. The number of carbonyl (C=O) groups excluding carboxylic acids is 1. The molecule has 2 aromatic rings.